The SMILES string of the molecule is O=C(Nc1ccc(O)cc1C(=O)O)NC1CCOCC1. The van der Waals surface area contributed by atoms with Crippen LogP contribution < -0.4 is 10.6 Å². The molecule has 0 bridgehead atoms. The van der Waals surface area contributed by atoms with E-state index in [2.05, 4.69) is 10.6 Å². The number of aromatic hydroxyl groups is 1. The van der Waals surface area contributed by atoms with Crippen LogP contribution in [0.15, 0.2) is 18.2 Å². The summed E-state index contributed by atoms with van der Waals surface area (Å²) in [5.41, 5.74) is -0.0213. The molecule has 1 aromatic rings. The minimum atomic E-state index is -1.22. The van der Waals surface area contributed by atoms with Crippen LogP contribution in [0, 0.1) is 0 Å². The Morgan fingerprint density at radius 1 is 1.25 bits per heavy atom. The zero-order valence-corrected chi connectivity index (χ0v) is 10.8. The standard InChI is InChI=1S/C13H16N2O5/c16-9-1-2-11(10(7-9)12(17)18)15-13(19)14-8-3-5-20-6-4-8/h1-2,7-8,16H,3-6H2,(H,17,18)(H2,14,15,19). The quantitative estimate of drug-likeness (QED) is 0.626. The Bertz CT molecular complexity index is 511. The van der Waals surface area contributed by atoms with Crippen LogP contribution in [-0.2, 0) is 4.74 Å². The van der Waals surface area contributed by atoms with Gasteiger partial charge >= 0.3 is 12.0 Å². The van der Waals surface area contributed by atoms with Crippen molar-refractivity contribution in [1.29, 1.82) is 0 Å². The van der Waals surface area contributed by atoms with Crippen LogP contribution in [0.5, 0.6) is 5.75 Å². The van der Waals surface area contributed by atoms with Crippen molar-refractivity contribution in [2.45, 2.75) is 18.9 Å². The summed E-state index contributed by atoms with van der Waals surface area (Å²) < 4.78 is 5.19. The van der Waals surface area contributed by atoms with Gasteiger partial charge in [0.05, 0.1) is 11.3 Å². The van der Waals surface area contributed by atoms with Crippen molar-refractivity contribution >= 4 is 17.7 Å². The number of aromatic carboxylic acids is 1. The van der Waals surface area contributed by atoms with Crippen LogP contribution in [0.3, 0.4) is 0 Å². The minimum absolute atomic E-state index is 0.0224. The van der Waals surface area contributed by atoms with Gasteiger partial charge in [0, 0.05) is 19.3 Å². The van der Waals surface area contributed by atoms with Gasteiger partial charge in [-0.2, -0.15) is 0 Å². The predicted molar refractivity (Wildman–Crippen MR) is 71.1 cm³/mol. The van der Waals surface area contributed by atoms with Crippen molar-refractivity contribution < 1.29 is 24.5 Å². The minimum Gasteiger partial charge on any atom is -0.508 e. The molecule has 1 aromatic carbocycles. The molecule has 0 radical (unpaired) electrons. The van der Waals surface area contributed by atoms with E-state index in [1.54, 1.807) is 0 Å². The van der Waals surface area contributed by atoms with Gasteiger partial charge in [-0.3, -0.25) is 0 Å². The number of urea groups is 1. The predicted octanol–water partition coefficient (Wildman–Crippen LogP) is 1.39. The van der Waals surface area contributed by atoms with Crippen molar-refractivity contribution in [1.82, 2.24) is 5.32 Å². The van der Waals surface area contributed by atoms with Gasteiger partial charge in [0.1, 0.15) is 5.75 Å². The highest BCUT2D eigenvalue weighted by atomic mass is 16.5. The summed E-state index contributed by atoms with van der Waals surface area (Å²) >= 11 is 0. The number of ether oxygens (including phenoxy) is 1. The van der Waals surface area contributed by atoms with Crippen LogP contribution in [0.1, 0.15) is 23.2 Å². The van der Waals surface area contributed by atoms with E-state index in [0.29, 0.717) is 13.2 Å². The van der Waals surface area contributed by atoms with Crippen molar-refractivity contribution in [2.75, 3.05) is 18.5 Å². The molecule has 2 rings (SSSR count). The second-order valence-electron chi connectivity index (χ2n) is 4.52. The van der Waals surface area contributed by atoms with Crippen molar-refractivity contribution in [2.24, 2.45) is 0 Å². The monoisotopic (exact) mass is 280 g/mol. The molecule has 108 valence electrons. The molecule has 1 saturated heterocycles. The fourth-order valence-electron chi connectivity index (χ4n) is 2.00. The number of carboxylic acid groups (broad SMARTS) is 1. The summed E-state index contributed by atoms with van der Waals surface area (Å²) in [5.74, 6) is -1.39. The lowest BCUT2D eigenvalue weighted by molar-refractivity contribution is 0.0697. The Kier molecular flexibility index (Phi) is 4.41. The molecule has 1 fully saturated rings. The Hall–Kier alpha value is -2.28. The summed E-state index contributed by atoms with van der Waals surface area (Å²) in [7, 11) is 0. The molecule has 7 nitrogen and oxygen atoms in total. The number of amides is 2. The third-order valence-electron chi connectivity index (χ3n) is 3.04. The zero-order valence-electron chi connectivity index (χ0n) is 10.8. The molecule has 0 unspecified atom stereocenters. The fourth-order valence-corrected chi connectivity index (χ4v) is 2.00. The Morgan fingerprint density at radius 3 is 2.60 bits per heavy atom. The number of hydrogen-bond donors (Lipinski definition) is 4. The van der Waals surface area contributed by atoms with E-state index in [9.17, 15) is 14.7 Å². The van der Waals surface area contributed by atoms with Crippen LogP contribution in [0.2, 0.25) is 0 Å². The number of hydrogen-bond acceptors (Lipinski definition) is 4. The molecule has 7 heteroatoms. The average Bonchev–Trinajstić information content (AvgIpc) is 2.41. The second kappa shape index (κ2) is 6.25. The maximum absolute atomic E-state index is 11.8. The average molecular weight is 280 g/mol. The molecule has 1 aliphatic heterocycles. The number of benzene rings is 1. The largest absolute Gasteiger partial charge is 0.508 e. The van der Waals surface area contributed by atoms with Gasteiger partial charge in [-0.25, -0.2) is 9.59 Å². The molecule has 4 N–H and O–H groups in total. The molecule has 0 atom stereocenters. The number of carboxylic acids is 1. The summed E-state index contributed by atoms with van der Waals surface area (Å²) in [6.07, 6.45) is 1.46. The molecule has 1 heterocycles. The highest BCUT2D eigenvalue weighted by Crippen LogP contribution is 2.21. The number of anilines is 1. The van der Waals surface area contributed by atoms with Crippen LogP contribution >= 0.6 is 0 Å². The Morgan fingerprint density at radius 2 is 1.95 bits per heavy atom. The number of rotatable bonds is 3. The van der Waals surface area contributed by atoms with Gasteiger partial charge in [-0.15, -0.1) is 0 Å². The summed E-state index contributed by atoms with van der Waals surface area (Å²) in [4.78, 5) is 22.9. The first-order chi connectivity index (χ1) is 9.56. The first-order valence-corrected chi connectivity index (χ1v) is 6.28. The smallest absolute Gasteiger partial charge is 0.337 e. The maximum atomic E-state index is 11.8. The molecule has 0 aromatic heterocycles. The third kappa shape index (κ3) is 3.61. The lowest BCUT2D eigenvalue weighted by Crippen LogP contribution is -2.41. The lowest BCUT2D eigenvalue weighted by Gasteiger charge is -2.23. The zero-order chi connectivity index (χ0) is 14.5. The normalized spacial score (nSPS) is 15.6. The molecule has 20 heavy (non-hydrogen) atoms. The van der Waals surface area contributed by atoms with E-state index in [4.69, 9.17) is 9.84 Å². The lowest BCUT2D eigenvalue weighted by atomic mass is 10.1. The Labute approximate surface area is 115 Å². The summed E-state index contributed by atoms with van der Waals surface area (Å²) in [6.45, 7) is 1.20. The van der Waals surface area contributed by atoms with Gasteiger partial charge < -0.3 is 25.6 Å². The third-order valence-corrected chi connectivity index (χ3v) is 3.04. The molecular formula is C13H16N2O5. The topological polar surface area (TPSA) is 108 Å². The first kappa shape index (κ1) is 14.1. The van der Waals surface area contributed by atoms with E-state index in [0.717, 1.165) is 18.9 Å². The maximum Gasteiger partial charge on any atom is 0.337 e. The van der Waals surface area contributed by atoms with Gasteiger partial charge in [0.15, 0.2) is 0 Å². The van der Waals surface area contributed by atoms with Crippen molar-refractivity contribution in [3.05, 3.63) is 23.8 Å². The Balaban J connectivity index is 2.01. The molecule has 0 saturated carbocycles. The summed E-state index contributed by atoms with van der Waals surface area (Å²) in [6, 6.07) is 3.31. The van der Waals surface area contributed by atoms with Gasteiger partial charge in [-0.1, -0.05) is 0 Å². The number of phenolic OH excluding ortho intramolecular Hbond substituents is 1. The van der Waals surface area contributed by atoms with Crippen LogP contribution in [-0.4, -0.2) is 41.5 Å². The van der Waals surface area contributed by atoms with Crippen molar-refractivity contribution in [3.63, 3.8) is 0 Å². The highest BCUT2D eigenvalue weighted by molar-refractivity contribution is 6.00. The molecule has 1 aliphatic rings. The van der Waals surface area contributed by atoms with Crippen LogP contribution in [0.25, 0.3) is 0 Å². The van der Waals surface area contributed by atoms with Crippen LogP contribution in [0.4, 0.5) is 10.5 Å². The molecule has 0 spiro atoms. The molecule has 0 aliphatic carbocycles. The number of phenols is 1. The summed E-state index contributed by atoms with van der Waals surface area (Å²) in [5, 5.41) is 23.5. The number of carbonyl (C=O) groups is 2. The van der Waals surface area contributed by atoms with Gasteiger partial charge in [0.2, 0.25) is 0 Å². The van der Waals surface area contributed by atoms with E-state index in [1.807, 2.05) is 0 Å². The van der Waals surface area contributed by atoms with E-state index in [-0.39, 0.29) is 23.0 Å². The van der Waals surface area contributed by atoms with Crippen molar-refractivity contribution in [3.8, 4) is 5.75 Å². The van der Waals surface area contributed by atoms with E-state index >= 15 is 0 Å². The van der Waals surface area contributed by atoms with E-state index in [1.165, 1.54) is 12.1 Å². The molecular weight excluding hydrogens is 264 g/mol. The number of carbonyl (C=O) groups excluding carboxylic acids is 1. The van der Waals surface area contributed by atoms with E-state index < -0.39 is 12.0 Å². The highest BCUT2D eigenvalue weighted by Gasteiger charge is 2.18. The first-order valence-electron chi connectivity index (χ1n) is 6.28. The molecule has 2 amide bonds. The van der Waals surface area contributed by atoms with Gasteiger partial charge in [-0.05, 0) is 31.0 Å². The number of nitrogens with one attached hydrogen (secondary N) is 2. The second-order valence-corrected chi connectivity index (χ2v) is 4.52. The van der Waals surface area contributed by atoms with Gasteiger partial charge in [0.25, 0.3) is 0 Å². The fraction of sp³-hybridized carbons (Fsp3) is 0.385.